The van der Waals surface area contributed by atoms with Gasteiger partial charge in [-0.05, 0) is 31.0 Å². The minimum atomic E-state index is -3.23. The summed E-state index contributed by atoms with van der Waals surface area (Å²) in [6.45, 7) is 3.06. The van der Waals surface area contributed by atoms with Gasteiger partial charge in [-0.2, -0.15) is 0 Å². The van der Waals surface area contributed by atoms with E-state index in [-0.39, 0.29) is 16.8 Å². The number of phenols is 2. The second-order valence-corrected chi connectivity index (χ2v) is 12.6. The van der Waals surface area contributed by atoms with E-state index >= 15 is 0 Å². The first-order valence-electron chi connectivity index (χ1n) is 15.4. The van der Waals surface area contributed by atoms with Crippen LogP contribution in [0, 0.1) is 6.92 Å². The third-order valence-electron chi connectivity index (χ3n) is 10.2. The van der Waals surface area contributed by atoms with Crippen molar-refractivity contribution in [2.45, 2.75) is 68.2 Å². The minimum Gasteiger partial charge on any atom is -0.507 e. The molecule has 1 heterocycles. The Labute approximate surface area is 284 Å². The maximum absolute atomic E-state index is 14.6. The van der Waals surface area contributed by atoms with E-state index in [1.165, 1.54) is 27.2 Å². The van der Waals surface area contributed by atoms with Crippen molar-refractivity contribution in [1.29, 1.82) is 0 Å². The van der Waals surface area contributed by atoms with E-state index in [0.29, 0.717) is 0 Å². The number of esters is 1. The third-order valence-corrected chi connectivity index (χ3v) is 10.2. The summed E-state index contributed by atoms with van der Waals surface area (Å²) in [6.07, 6.45) is -6.55. The molecule has 6 rings (SSSR count). The zero-order valence-corrected chi connectivity index (χ0v) is 27.7. The Balaban J connectivity index is 1.51. The number of carbonyl (C=O) groups excluding carboxylic acids is 5. The van der Waals surface area contributed by atoms with Crippen LogP contribution in [0.5, 0.6) is 11.5 Å². The number of phenolic OH excluding ortho intramolecular Hbond substituents is 2. The highest BCUT2D eigenvalue weighted by atomic mass is 16.6. The number of aliphatic hydroxyl groups is 3. The molecule has 3 aliphatic carbocycles. The van der Waals surface area contributed by atoms with Crippen molar-refractivity contribution in [2.24, 2.45) is 0 Å². The maximum Gasteiger partial charge on any atom is 0.341 e. The second-order valence-electron chi connectivity index (χ2n) is 12.6. The fraction of sp³-hybridized carbons (Fsp3) is 0.441. The summed E-state index contributed by atoms with van der Waals surface area (Å²) in [4.78, 5) is 69.1. The van der Waals surface area contributed by atoms with Crippen molar-refractivity contribution in [2.75, 3.05) is 28.4 Å². The van der Waals surface area contributed by atoms with Crippen molar-refractivity contribution in [1.82, 2.24) is 5.32 Å². The molecular weight excluding hydrogens is 662 g/mol. The lowest BCUT2D eigenvalue weighted by Gasteiger charge is -2.52. The van der Waals surface area contributed by atoms with Crippen LogP contribution in [-0.4, -0.2) is 125 Å². The van der Waals surface area contributed by atoms with Gasteiger partial charge in [0.15, 0.2) is 23.2 Å². The van der Waals surface area contributed by atoms with Gasteiger partial charge in [0.2, 0.25) is 17.3 Å². The number of nitrogens with one attached hydrogen (secondary N) is 1. The smallest absolute Gasteiger partial charge is 0.341 e. The molecule has 0 bridgehead atoms. The highest BCUT2D eigenvalue weighted by molar-refractivity contribution is 6.31. The number of aliphatic hydroxyl groups excluding tert-OH is 2. The number of ether oxygens (including phenoxy) is 5. The van der Waals surface area contributed by atoms with Gasteiger partial charge in [0.25, 0.3) is 0 Å². The molecule has 2 aromatic carbocycles. The zero-order chi connectivity index (χ0) is 36.8. The normalized spacial score (nSPS) is 31.7. The van der Waals surface area contributed by atoms with E-state index in [1.54, 1.807) is 6.92 Å². The monoisotopic (exact) mass is 697 g/mol. The van der Waals surface area contributed by atoms with Crippen LogP contribution in [-0.2, 0) is 35.7 Å². The van der Waals surface area contributed by atoms with Crippen LogP contribution in [0.15, 0.2) is 23.9 Å². The van der Waals surface area contributed by atoms with Gasteiger partial charge in [-0.15, -0.1) is 0 Å². The molecule has 16 nitrogen and oxygen atoms in total. The number of aryl methyl sites for hydroxylation is 1. The summed E-state index contributed by atoms with van der Waals surface area (Å²) in [5, 5.41) is 60.3. The van der Waals surface area contributed by atoms with Crippen LogP contribution < -0.4 is 5.32 Å². The number of fused-ring (bicyclic) bond motifs is 5. The van der Waals surface area contributed by atoms with Crippen LogP contribution in [0.2, 0.25) is 0 Å². The van der Waals surface area contributed by atoms with Crippen molar-refractivity contribution in [3.05, 3.63) is 68.4 Å². The van der Waals surface area contributed by atoms with E-state index in [9.17, 15) is 49.5 Å². The number of carbonyl (C=O) groups is 5. The Hall–Kier alpha value is -4.55. The molecule has 1 aliphatic heterocycles. The molecule has 266 valence electrons. The minimum absolute atomic E-state index is 0.00455. The van der Waals surface area contributed by atoms with Crippen LogP contribution in [0.25, 0.3) is 0 Å². The lowest BCUT2D eigenvalue weighted by Crippen LogP contribution is -2.73. The predicted molar refractivity (Wildman–Crippen MR) is 166 cm³/mol. The van der Waals surface area contributed by atoms with Crippen molar-refractivity contribution in [3.63, 3.8) is 0 Å². The van der Waals surface area contributed by atoms with E-state index in [1.807, 2.05) is 0 Å². The van der Waals surface area contributed by atoms with Gasteiger partial charge in [0, 0.05) is 50.5 Å². The van der Waals surface area contributed by atoms with Crippen LogP contribution in [0.1, 0.15) is 75.4 Å². The molecule has 0 radical (unpaired) electrons. The first-order valence-corrected chi connectivity index (χ1v) is 15.4. The second kappa shape index (κ2) is 12.1. The third kappa shape index (κ3) is 4.40. The van der Waals surface area contributed by atoms with Gasteiger partial charge in [0.1, 0.15) is 35.4 Å². The molecule has 1 saturated heterocycles. The summed E-state index contributed by atoms with van der Waals surface area (Å²) in [7, 11) is 4.62. The SMILES string of the molecule is COC(=O)c1c(C)cc2c(c1O)[C@]1(O)C(=O)c3cc4c(c(O)c3C(=O)[C@]1(OC)[C@H](O)C2)C(=O)C=C(N[C@@H]1O[C@@H](C)[C@H](OC)[C@@H](O)[C@H]1OC)C4=O. The number of methoxy groups -OCH3 is 4. The number of ketones is 4. The fourth-order valence-electron chi connectivity index (χ4n) is 7.85. The van der Waals surface area contributed by atoms with Gasteiger partial charge in [-0.1, -0.05) is 6.07 Å². The van der Waals surface area contributed by atoms with Crippen LogP contribution in [0.4, 0.5) is 0 Å². The number of hydrogen-bond donors (Lipinski definition) is 6. The Morgan fingerprint density at radius 2 is 1.60 bits per heavy atom. The largest absolute Gasteiger partial charge is 0.507 e. The number of benzene rings is 2. The summed E-state index contributed by atoms with van der Waals surface area (Å²) >= 11 is 0. The quantitative estimate of drug-likeness (QED) is 0.213. The van der Waals surface area contributed by atoms with E-state index in [0.717, 1.165) is 26.4 Å². The summed E-state index contributed by atoms with van der Waals surface area (Å²) in [6, 6.07) is 2.18. The van der Waals surface area contributed by atoms with E-state index in [2.05, 4.69) is 5.32 Å². The van der Waals surface area contributed by atoms with Gasteiger partial charge < -0.3 is 54.5 Å². The molecule has 0 aromatic heterocycles. The van der Waals surface area contributed by atoms with Gasteiger partial charge >= 0.3 is 5.97 Å². The summed E-state index contributed by atoms with van der Waals surface area (Å²) < 4.78 is 26.8. The van der Waals surface area contributed by atoms with Crippen LogP contribution >= 0.6 is 0 Å². The molecule has 4 aliphatic rings. The molecule has 2 aromatic rings. The summed E-state index contributed by atoms with van der Waals surface area (Å²) in [5.74, 6) is -7.67. The summed E-state index contributed by atoms with van der Waals surface area (Å²) in [5.41, 5.74) is -10.1. The maximum atomic E-state index is 14.6. The Morgan fingerprint density at radius 3 is 2.20 bits per heavy atom. The Kier molecular flexibility index (Phi) is 8.50. The van der Waals surface area contributed by atoms with Crippen molar-refractivity contribution >= 4 is 29.1 Å². The molecular formula is C34H35NO15. The first-order chi connectivity index (χ1) is 23.6. The molecule has 8 atom stereocenters. The number of hydrogen-bond acceptors (Lipinski definition) is 16. The average Bonchev–Trinajstić information content (AvgIpc) is 3.05. The van der Waals surface area contributed by atoms with E-state index < -0.39 is 128 Å². The Bertz CT molecular complexity index is 1920. The average molecular weight is 698 g/mol. The highest BCUT2D eigenvalue weighted by Gasteiger charge is 2.72. The van der Waals surface area contributed by atoms with Crippen molar-refractivity contribution < 1.29 is 73.2 Å². The van der Waals surface area contributed by atoms with Crippen LogP contribution in [0.3, 0.4) is 0 Å². The van der Waals surface area contributed by atoms with Gasteiger partial charge in [-0.25, -0.2) is 4.79 Å². The molecule has 0 amide bonds. The molecule has 16 heteroatoms. The number of rotatable bonds is 6. The molecule has 50 heavy (non-hydrogen) atoms. The molecule has 1 fully saturated rings. The standard InChI is InChI=1S/C34H35NO15/c1-11-7-13-8-18(37)34(49-6)30(43)21-15(29(42)33(34,45)22(13)25(40)19(11)32(44)48-5)9-14-20(24(21)39)17(36)10-16(23(14)38)35-31-28(47-4)26(41)27(46-3)12(2)50-31/h7,9-10,12,18,26-28,31,35,37,39-41,45H,8H2,1-6H3/t12-,18+,26+,27-,28+,31+,33-,34+/m0/s1. The lowest BCUT2D eigenvalue weighted by molar-refractivity contribution is -0.236. The number of allylic oxidation sites excluding steroid dienone is 2. The number of aromatic hydroxyl groups is 2. The van der Waals surface area contributed by atoms with E-state index in [4.69, 9.17) is 23.7 Å². The van der Waals surface area contributed by atoms with Gasteiger partial charge in [-0.3, -0.25) is 19.2 Å². The molecule has 0 unspecified atom stereocenters. The fourth-order valence-corrected chi connectivity index (χ4v) is 7.85. The molecule has 6 N–H and O–H groups in total. The first kappa shape index (κ1) is 35.3. The van der Waals surface area contributed by atoms with Crippen molar-refractivity contribution in [3.8, 4) is 11.5 Å². The molecule has 0 spiro atoms. The van der Waals surface area contributed by atoms with Gasteiger partial charge in [0.05, 0.1) is 36.1 Å². The zero-order valence-electron chi connectivity index (χ0n) is 27.7. The topological polar surface area (TPSA) is 245 Å². The molecule has 0 saturated carbocycles. The lowest BCUT2D eigenvalue weighted by atomic mass is 9.56. The number of Topliss-reactive ketones (excluding diaryl/α,β-unsaturated/α-hetero) is 3. The highest BCUT2D eigenvalue weighted by Crippen LogP contribution is 2.56. The Morgan fingerprint density at radius 1 is 0.940 bits per heavy atom. The predicted octanol–water partition coefficient (Wildman–Crippen LogP) is -0.250.